The summed E-state index contributed by atoms with van der Waals surface area (Å²) in [6, 6.07) is 78.0. The third kappa shape index (κ3) is 8.52. The molecule has 0 fully saturated rings. The molecule has 0 N–H and O–H groups in total. The topological polar surface area (TPSA) is 48.6 Å². The zero-order valence-corrected chi connectivity index (χ0v) is 51.8. The second-order valence-electron chi connectivity index (χ2n) is 25.3. The molecule has 8 aromatic heterocycles. The van der Waals surface area contributed by atoms with Gasteiger partial charge in [0.25, 0.3) is 6.33 Å². The molecule has 8 heterocycles. The van der Waals surface area contributed by atoms with E-state index in [-0.39, 0.29) is 33.4 Å². The molecule has 448 valence electrons. The Labute approximate surface area is 560 Å². The number of pyridine rings is 1. The smallest absolute Gasteiger partial charge is 0.269 e. The van der Waals surface area contributed by atoms with Crippen molar-refractivity contribution in [3.05, 3.63) is 321 Å². The molecule has 13 aromatic carbocycles. The summed E-state index contributed by atoms with van der Waals surface area (Å²) in [6.45, 7) is 6.64. The molecule has 0 atom stereocenters. The molecular formula is C88H60N6O. The highest BCUT2D eigenvalue weighted by Gasteiger charge is 2.23. The average molecular weight is 1230 g/mol. The van der Waals surface area contributed by atoms with Gasteiger partial charge >= 0.3 is 0 Å². The molecule has 0 saturated heterocycles. The summed E-state index contributed by atoms with van der Waals surface area (Å²) < 4.78 is 108. The van der Waals surface area contributed by atoms with E-state index in [0.29, 0.717) is 27.9 Å². The van der Waals surface area contributed by atoms with Crippen molar-refractivity contribution >= 4 is 131 Å². The zero-order chi connectivity index (χ0) is 71.7. The van der Waals surface area contributed by atoms with E-state index < -0.39 is 60.4 Å². The van der Waals surface area contributed by atoms with E-state index in [9.17, 15) is 5.48 Å². The Morgan fingerprint density at radius 3 is 1.67 bits per heavy atom. The highest BCUT2D eigenvalue weighted by atomic mass is 16.3. The molecule has 7 nitrogen and oxygen atoms in total. The van der Waals surface area contributed by atoms with Crippen LogP contribution in [0.4, 0.5) is 0 Å². The number of aromatic nitrogens is 6. The molecule has 0 radical (unpaired) electrons. The van der Waals surface area contributed by atoms with Gasteiger partial charge in [0.15, 0.2) is 0 Å². The SMILES string of the molecule is [2H]c1c([2H])c([2H])c(-c2cccc(-c3c([2H])c([2H])c([2H])c([2H])c3[2H])c2-[n+]2[c-]n(-c3ccc4c(c3)oc3ccc5c6cccc(c7ccccc7c7ccc8c(c7)c7ccccc7n8c7ccc8c(c7)c7ccccc7n8c7ccccc47)c6n(-c4cc(C(C)(C)C)ccn4)c5c3)c3ccccc32)c([2H])c1[2H]. The van der Waals surface area contributed by atoms with Crippen LogP contribution in [0.5, 0.6) is 0 Å². The molecule has 0 saturated carbocycles. The standard InChI is InChI=1S/C88H60N6O/c1-88(2,3)59-48-49-89-85(51-59)94-83-54-62-43-45-70(83)73-34-21-33-72(87(73)94)66-27-11-10-26-63(66)58-40-46-79-74(50-58)68-29-13-15-35-76(68)92(79)61-42-47-80-75(52-61)69-30-14-17-37-78(69)93(80)77-36-16-12-28-67(77)71-44-41-60(53-84(71)95-62)90-55-91(82-39-19-18-38-81(82)90)86-64(56-22-6-4-7-23-56)31-20-32-65(86)57-24-8-5-9-25-57/h4-54H,1-3H3/i4D,5D,6D,7D,8D,9D,22D,23D,24D,25D. The molecular weight excluding hydrogens is 1160 g/mol. The van der Waals surface area contributed by atoms with Crippen LogP contribution in [-0.4, -0.2) is 22.9 Å². The van der Waals surface area contributed by atoms with E-state index in [1.165, 1.54) is 0 Å². The number of nitrogens with zero attached hydrogens (tertiary/aromatic N) is 6. The van der Waals surface area contributed by atoms with Crippen LogP contribution in [0.15, 0.2) is 314 Å². The van der Waals surface area contributed by atoms with Crippen LogP contribution in [0.1, 0.15) is 40.0 Å². The highest BCUT2D eigenvalue weighted by Crippen LogP contribution is 2.42. The Hall–Kier alpha value is -12.3. The van der Waals surface area contributed by atoms with Gasteiger partial charge in [-0.05, 0) is 134 Å². The molecule has 7 heteroatoms. The second kappa shape index (κ2) is 21.1. The first-order valence-electron chi connectivity index (χ1n) is 36.8. The summed E-state index contributed by atoms with van der Waals surface area (Å²) in [7, 11) is 0. The summed E-state index contributed by atoms with van der Waals surface area (Å²) in [4.78, 5) is 5.22. The van der Waals surface area contributed by atoms with Crippen LogP contribution in [0.3, 0.4) is 0 Å². The predicted molar refractivity (Wildman–Crippen MR) is 395 cm³/mol. The van der Waals surface area contributed by atoms with Gasteiger partial charge in [0.1, 0.15) is 17.0 Å². The van der Waals surface area contributed by atoms with Crippen molar-refractivity contribution in [2.75, 3.05) is 0 Å². The molecule has 21 aromatic rings. The maximum atomic E-state index is 9.35. The lowest BCUT2D eigenvalue weighted by molar-refractivity contribution is -0.571. The Bertz CT molecular complexity index is 7090. The summed E-state index contributed by atoms with van der Waals surface area (Å²) in [6.07, 6.45) is 5.52. The Morgan fingerprint density at radius 2 is 0.968 bits per heavy atom. The van der Waals surface area contributed by atoms with Crippen LogP contribution >= 0.6 is 0 Å². The zero-order valence-electron chi connectivity index (χ0n) is 61.8. The molecule has 21 rings (SSSR count). The van der Waals surface area contributed by atoms with E-state index in [1.54, 1.807) is 22.8 Å². The maximum Gasteiger partial charge on any atom is 0.269 e. The fourth-order valence-corrected chi connectivity index (χ4v) is 14.7. The van der Waals surface area contributed by atoms with Gasteiger partial charge in [-0.1, -0.05) is 233 Å². The first kappa shape index (κ1) is 45.0. The van der Waals surface area contributed by atoms with Gasteiger partial charge in [0.2, 0.25) is 0 Å². The van der Waals surface area contributed by atoms with E-state index in [1.807, 2.05) is 59.3 Å². The van der Waals surface area contributed by atoms with Gasteiger partial charge in [-0.25, -0.2) is 4.98 Å². The molecule has 11 bridgehead atoms. The summed E-state index contributed by atoms with van der Waals surface area (Å²) in [5.74, 6) is 0.740. The fraction of sp³-hybridized carbons (Fsp3) is 0.0455. The third-order valence-electron chi connectivity index (χ3n) is 19.0. The monoisotopic (exact) mass is 1230 g/mol. The number of hydrogen-bond acceptors (Lipinski definition) is 2. The number of hydrogen-bond donors (Lipinski definition) is 0. The summed E-state index contributed by atoms with van der Waals surface area (Å²) in [5.41, 5.74) is 11.6. The molecule has 95 heavy (non-hydrogen) atoms. The van der Waals surface area contributed by atoms with Gasteiger partial charge in [0, 0.05) is 66.3 Å². The van der Waals surface area contributed by atoms with E-state index in [0.717, 1.165) is 120 Å². The van der Waals surface area contributed by atoms with Crippen LogP contribution in [0, 0.1) is 6.33 Å². The lowest BCUT2D eigenvalue weighted by atomic mass is 9.88. The number of para-hydroxylation sites is 7. The van der Waals surface area contributed by atoms with Gasteiger partial charge in [-0.3, -0.25) is 13.7 Å². The van der Waals surface area contributed by atoms with Crippen molar-refractivity contribution in [2.24, 2.45) is 0 Å². The van der Waals surface area contributed by atoms with Gasteiger partial charge in [-0.2, -0.15) is 0 Å². The number of benzene rings is 13. The largest absolute Gasteiger partial charge is 0.457 e. The molecule has 0 aliphatic heterocycles. The molecule has 0 aliphatic rings. The van der Waals surface area contributed by atoms with E-state index in [2.05, 4.69) is 216 Å². The first-order chi connectivity index (χ1) is 50.9. The summed E-state index contributed by atoms with van der Waals surface area (Å²) >= 11 is 0. The Kier molecular flexibility index (Phi) is 10.0. The Morgan fingerprint density at radius 1 is 0.421 bits per heavy atom. The van der Waals surface area contributed by atoms with Crippen LogP contribution in [-0.2, 0) is 5.41 Å². The maximum absolute atomic E-state index is 9.35. The van der Waals surface area contributed by atoms with Crippen LogP contribution in [0.2, 0.25) is 0 Å². The van der Waals surface area contributed by atoms with Crippen molar-refractivity contribution in [3.8, 4) is 39.4 Å². The number of rotatable bonds is 5. The lowest BCUT2D eigenvalue weighted by Crippen LogP contribution is -2.31. The molecule has 0 aliphatic carbocycles. The lowest BCUT2D eigenvalue weighted by Gasteiger charge is -2.20. The average Bonchev–Trinajstić information content (AvgIpc) is 1.34. The highest BCUT2D eigenvalue weighted by molar-refractivity contribution is 6.22. The van der Waals surface area contributed by atoms with Crippen molar-refractivity contribution in [1.29, 1.82) is 0 Å². The van der Waals surface area contributed by atoms with Gasteiger partial charge in [-0.15, -0.1) is 0 Å². The van der Waals surface area contributed by atoms with Crippen molar-refractivity contribution < 1.29 is 22.7 Å². The minimum atomic E-state index is -0.583. The van der Waals surface area contributed by atoms with Crippen molar-refractivity contribution in [1.82, 2.24) is 22.9 Å². The number of imidazole rings is 1. The minimum Gasteiger partial charge on any atom is -0.457 e. The predicted octanol–water partition coefficient (Wildman–Crippen LogP) is 22.4. The van der Waals surface area contributed by atoms with Crippen molar-refractivity contribution in [2.45, 2.75) is 26.2 Å². The second-order valence-corrected chi connectivity index (χ2v) is 25.3. The Balaban J connectivity index is 0.976. The van der Waals surface area contributed by atoms with Crippen LogP contribution < -0.4 is 4.57 Å². The normalized spacial score (nSPS) is 13.6. The third-order valence-corrected chi connectivity index (χ3v) is 19.0. The number of fused-ring (bicyclic) bond motifs is 4. The molecule has 0 amide bonds. The van der Waals surface area contributed by atoms with E-state index >= 15 is 0 Å². The minimum absolute atomic E-state index is 0.135. The first-order valence-corrected chi connectivity index (χ1v) is 31.8. The molecule has 0 unspecified atom stereocenters. The molecule has 0 spiro atoms. The quantitative estimate of drug-likeness (QED) is 0.127. The van der Waals surface area contributed by atoms with Crippen molar-refractivity contribution in [3.63, 3.8) is 0 Å². The van der Waals surface area contributed by atoms with Crippen LogP contribution in [0.25, 0.3) is 170 Å². The van der Waals surface area contributed by atoms with Gasteiger partial charge in [0.05, 0.1) is 74.7 Å². The van der Waals surface area contributed by atoms with Gasteiger partial charge < -0.3 is 13.2 Å². The van der Waals surface area contributed by atoms with E-state index in [4.69, 9.17) is 17.6 Å². The fourth-order valence-electron chi connectivity index (χ4n) is 14.7. The summed E-state index contributed by atoms with van der Waals surface area (Å²) in [5, 5.41) is 12.3.